The second-order valence-electron chi connectivity index (χ2n) is 6.43. The standard InChI is InChI=1S/C21H19ClN4O3S/c1-3-26-12-24-16-8-13(4-7-17(16)26)11-29-21(27)25-19-10-23-20(30-19)15-6-5-14(22)9-18(15)28-2/h4-10,12H,3,11H2,1-2H3,(H,25,27). The molecule has 0 unspecified atom stereocenters. The van der Waals surface area contributed by atoms with Crippen LogP contribution in [-0.2, 0) is 17.9 Å². The Hall–Kier alpha value is -3.10. The van der Waals surface area contributed by atoms with Gasteiger partial charge in [0.05, 0.1) is 36.2 Å². The first kappa shape index (κ1) is 20.2. The van der Waals surface area contributed by atoms with Gasteiger partial charge < -0.3 is 14.0 Å². The van der Waals surface area contributed by atoms with Crippen LogP contribution in [-0.4, -0.2) is 27.7 Å². The number of anilines is 1. The van der Waals surface area contributed by atoms with Crippen LogP contribution in [0, 0.1) is 0 Å². The summed E-state index contributed by atoms with van der Waals surface area (Å²) in [5.74, 6) is 0.617. The van der Waals surface area contributed by atoms with Crippen molar-refractivity contribution in [1.29, 1.82) is 0 Å². The Kier molecular flexibility index (Phi) is 5.87. The molecule has 9 heteroatoms. The first-order valence-corrected chi connectivity index (χ1v) is 10.4. The molecule has 0 aliphatic heterocycles. The SMILES string of the molecule is CCn1cnc2cc(COC(=O)Nc3cnc(-c4ccc(Cl)cc4OC)s3)ccc21. The highest BCUT2D eigenvalue weighted by atomic mass is 35.5. The van der Waals surface area contributed by atoms with Crippen molar-refractivity contribution in [2.24, 2.45) is 0 Å². The lowest BCUT2D eigenvalue weighted by molar-refractivity contribution is 0.155. The molecule has 0 aliphatic rings. The van der Waals surface area contributed by atoms with E-state index in [2.05, 4.69) is 26.8 Å². The molecule has 1 amide bonds. The molecule has 0 bridgehead atoms. The van der Waals surface area contributed by atoms with Crippen molar-refractivity contribution in [3.05, 3.63) is 59.5 Å². The van der Waals surface area contributed by atoms with Gasteiger partial charge in [-0.2, -0.15) is 0 Å². The topological polar surface area (TPSA) is 78.3 Å². The first-order valence-electron chi connectivity index (χ1n) is 9.24. The van der Waals surface area contributed by atoms with Crippen molar-refractivity contribution >= 4 is 45.1 Å². The van der Waals surface area contributed by atoms with E-state index in [-0.39, 0.29) is 6.61 Å². The Labute approximate surface area is 182 Å². The largest absolute Gasteiger partial charge is 0.496 e. The summed E-state index contributed by atoms with van der Waals surface area (Å²) in [6.07, 6.45) is 2.84. The van der Waals surface area contributed by atoms with Crippen LogP contribution >= 0.6 is 22.9 Å². The van der Waals surface area contributed by atoms with Gasteiger partial charge in [0.15, 0.2) is 0 Å². The van der Waals surface area contributed by atoms with Crippen molar-refractivity contribution in [2.45, 2.75) is 20.1 Å². The van der Waals surface area contributed by atoms with Gasteiger partial charge in [-0.1, -0.05) is 29.0 Å². The fraction of sp³-hybridized carbons (Fsp3) is 0.190. The highest BCUT2D eigenvalue weighted by Gasteiger charge is 2.13. The number of ether oxygens (including phenoxy) is 2. The van der Waals surface area contributed by atoms with Gasteiger partial charge in [0.25, 0.3) is 0 Å². The number of amides is 1. The van der Waals surface area contributed by atoms with E-state index >= 15 is 0 Å². The molecule has 154 valence electrons. The third-order valence-corrected chi connectivity index (χ3v) is 5.70. The minimum Gasteiger partial charge on any atom is -0.496 e. The number of aromatic nitrogens is 3. The predicted octanol–water partition coefficient (Wildman–Crippen LogP) is 5.59. The third-order valence-electron chi connectivity index (χ3n) is 4.52. The minimum atomic E-state index is -0.549. The fourth-order valence-electron chi connectivity index (χ4n) is 3.03. The number of imidazole rings is 1. The number of benzene rings is 2. The fourth-order valence-corrected chi connectivity index (χ4v) is 4.03. The van der Waals surface area contributed by atoms with Gasteiger partial charge in [-0.25, -0.2) is 14.8 Å². The van der Waals surface area contributed by atoms with Crippen molar-refractivity contribution in [3.8, 4) is 16.3 Å². The molecule has 2 aromatic heterocycles. The monoisotopic (exact) mass is 442 g/mol. The van der Waals surface area contributed by atoms with Gasteiger partial charge in [0.1, 0.15) is 22.4 Å². The van der Waals surface area contributed by atoms with E-state index in [1.54, 1.807) is 31.8 Å². The molecule has 0 fully saturated rings. The number of rotatable bonds is 6. The molecule has 0 saturated carbocycles. The number of halogens is 1. The van der Waals surface area contributed by atoms with Gasteiger partial charge in [-0.3, -0.25) is 5.32 Å². The molecule has 7 nitrogen and oxygen atoms in total. The lowest BCUT2D eigenvalue weighted by atomic mass is 10.2. The van der Waals surface area contributed by atoms with E-state index in [4.69, 9.17) is 21.1 Å². The molecule has 0 spiro atoms. The van der Waals surface area contributed by atoms with Crippen molar-refractivity contribution < 1.29 is 14.3 Å². The van der Waals surface area contributed by atoms with Crippen LogP contribution < -0.4 is 10.1 Å². The predicted molar refractivity (Wildman–Crippen MR) is 118 cm³/mol. The van der Waals surface area contributed by atoms with Crippen molar-refractivity contribution in [2.75, 3.05) is 12.4 Å². The van der Waals surface area contributed by atoms with Crippen LogP contribution in [0.3, 0.4) is 0 Å². The van der Waals surface area contributed by atoms with Crippen LogP contribution in [0.4, 0.5) is 9.80 Å². The van der Waals surface area contributed by atoms with Crippen LogP contribution in [0.5, 0.6) is 5.75 Å². The average molecular weight is 443 g/mol. The van der Waals surface area contributed by atoms with E-state index in [1.165, 1.54) is 11.3 Å². The minimum absolute atomic E-state index is 0.150. The van der Waals surface area contributed by atoms with Crippen molar-refractivity contribution in [3.63, 3.8) is 0 Å². The van der Waals surface area contributed by atoms with E-state index in [0.29, 0.717) is 20.8 Å². The summed E-state index contributed by atoms with van der Waals surface area (Å²) in [6.45, 7) is 3.07. The summed E-state index contributed by atoms with van der Waals surface area (Å²) in [7, 11) is 1.57. The number of fused-ring (bicyclic) bond motifs is 1. The maximum atomic E-state index is 12.2. The summed E-state index contributed by atoms with van der Waals surface area (Å²) in [5, 5.41) is 4.57. The van der Waals surface area contributed by atoms with Crippen LogP contribution in [0.1, 0.15) is 12.5 Å². The zero-order chi connectivity index (χ0) is 21.1. The van der Waals surface area contributed by atoms with Gasteiger partial charge in [-0.05, 0) is 42.8 Å². The summed E-state index contributed by atoms with van der Waals surface area (Å²) in [6, 6.07) is 11.2. The lowest BCUT2D eigenvalue weighted by Gasteiger charge is -2.06. The quantitative estimate of drug-likeness (QED) is 0.421. The Morgan fingerprint density at radius 1 is 1.23 bits per heavy atom. The number of carbonyl (C=O) groups is 1. The van der Waals surface area contributed by atoms with Gasteiger partial charge in [0.2, 0.25) is 0 Å². The molecule has 4 aromatic rings. The maximum absolute atomic E-state index is 12.2. The summed E-state index contributed by atoms with van der Waals surface area (Å²) < 4.78 is 12.8. The van der Waals surface area contributed by atoms with E-state index < -0.39 is 6.09 Å². The van der Waals surface area contributed by atoms with Gasteiger partial charge in [0, 0.05) is 11.6 Å². The Bertz CT molecular complexity index is 1200. The lowest BCUT2D eigenvalue weighted by Crippen LogP contribution is -2.12. The second kappa shape index (κ2) is 8.73. The first-order chi connectivity index (χ1) is 14.6. The molecule has 0 radical (unpaired) electrons. The highest BCUT2D eigenvalue weighted by Crippen LogP contribution is 2.36. The zero-order valence-corrected chi connectivity index (χ0v) is 18.0. The van der Waals surface area contributed by atoms with E-state index in [1.807, 2.05) is 24.3 Å². The summed E-state index contributed by atoms with van der Waals surface area (Å²) in [5.41, 5.74) is 3.60. The number of nitrogens with one attached hydrogen (secondary N) is 1. The van der Waals surface area contributed by atoms with E-state index in [9.17, 15) is 4.79 Å². The molecular weight excluding hydrogens is 424 g/mol. The Morgan fingerprint density at radius 2 is 2.10 bits per heavy atom. The van der Waals surface area contributed by atoms with Crippen LogP contribution in [0.2, 0.25) is 5.02 Å². The Morgan fingerprint density at radius 3 is 2.90 bits per heavy atom. The zero-order valence-electron chi connectivity index (χ0n) is 16.4. The molecule has 2 aromatic carbocycles. The average Bonchev–Trinajstić information content (AvgIpc) is 3.38. The molecular formula is C21H19ClN4O3S. The molecule has 0 aliphatic carbocycles. The molecule has 0 saturated heterocycles. The maximum Gasteiger partial charge on any atom is 0.412 e. The van der Waals surface area contributed by atoms with Gasteiger partial charge in [-0.15, -0.1) is 0 Å². The number of methoxy groups -OCH3 is 1. The summed E-state index contributed by atoms with van der Waals surface area (Å²) >= 11 is 7.33. The number of carbonyl (C=O) groups excluding carboxylic acids is 1. The Balaban J connectivity index is 1.39. The summed E-state index contributed by atoms with van der Waals surface area (Å²) in [4.78, 5) is 20.9. The number of aryl methyl sites for hydroxylation is 1. The molecule has 2 heterocycles. The number of thiazole rings is 1. The molecule has 0 atom stereocenters. The van der Waals surface area contributed by atoms with Crippen molar-refractivity contribution in [1.82, 2.24) is 14.5 Å². The number of nitrogens with zero attached hydrogens (tertiary/aromatic N) is 3. The smallest absolute Gasteiger partial charge is 0.412 e. The molecule has 30 heavy (non-hydrogen) atoms. The highest BCUT2D eigenvalue weighted by molar-refractivity contribution is 7.19. The number of hydrogen-bond acceptors (Lipinski definition) is 6. The molecule has 4 rings (SSSR count). The van der Waals surface area contributed by atoms with Gasteiger partial charge >= 0.3 is 6.09 Å². The third kappa shape index (κ3) is 4.24. The van der Waals surface area contributed by atoms with Crippen LogP contribution in [0.15, 0.2) is 48.9 Å². The molecule has 1 N–H and O–H groups in total. The number of hydrogen-bond donors (Lipinski definition) is 1. The van der Waals surface area contributed by atoms with E-state index in [0.717, 1.165) is 28.7 Å². The van der Waals surface area contributed by atoms with Crippen LogP contribution in [0.25, 0.3) is 21.6 Å². The second-order valence-corrected chi connectivity index (χ2v) is 7.90. The normalized spacial score (nSPS) is 10.9.